The van der Waals surface area contributed by atoms with Crippen LogP contribution in [0, 0.1) is 5.92 Å². The molecule has 33 heavy (non-hydrogen) atoms. The van der Waals surface area contributed by atoms with Gasteiger partial charge in [0.2, 0.25) is 5.91 Å². The molecule has 3 rings (SSSR count). The fraction of sp³-hybridized carbons (Fsp3) is 0.423. The van der Waals surface area contributed by atoms with Crippen molar-refractivity contribution in [1.29, 1.82) is 0 Å². The van der Waals surface area contributed by atoms with Gasteiger partial charge in [-0.25, -0.2) is 9.59 Å². The van der Waals surface area contributed by atoms with E-state index in [-0.39, 0.29) is 25.0 Å². The maximum atomic E-state index is 13.2. The minimum Gasteiger partial charge on any atom is -0.480 e. The second kappa shape index (κ2) is 9.65. The van der Waals surface area contributed by atoms with Crippen molar-refractivity contribution in [1.82, 2.24) is 10.2 Å². The summed E-state index contributed by atoms with van der Waals surface area (Å²) in [6.07, 6.45) is -0.701. The Kier molecular flexibility index (Phi) is 7.10. The van der Waals surface area contributed by atoms with Crippen LogP contribution in [0.15, 0.2) is 48.5 Å². The molecule has 2 aromatic rings. The summed E-state index contributed by atoms with van der Waals surface area (Å²) < 4.78 is 5.58. The summed E-state index contributed by atoms with van der Waals surface area (Å²) in [6.45, 7) is 8.60. The highest BCUT2D eigenvalue weighted by molar-refractivity contribution is 5.91. The van der Waals surface area contributed by atoms with Crippen LogP contribution in [0.25, 0.3) is 11.1 Å². The Labute approximate surface area is 194 Å². The van der Waals surface area contributed by atoms with Crippen LogP contribution in [0.4, 0.5) is 4.79 Å². The molecule has 7 nitrogen and oxygen atoms in total. The zero-order chi connectivity index (χ0) is 24.3. The van der Waals surface area contributed by atoms with Gasteiger partial charge in [0.1, 0.15) is 18.2 Å². The van der Waals surface area contributed by atoms with Gasteiger partial charge in [-0.05, 0) is 48.9 Å². The van der Waals surface area contributed by atoms with Crippen molar-refractivity contribution in [2.75, 3.05) is 13.2 Å². The number of nitrogens with zero attached hydrogens (tertiary/aromatic N) is 1. The van der Waals surface area contributed by atoms with Crippen LogP contribution in [0.1, 0.15) is 51.7 Å². The van der Waals surface area contributed by atoms with Gasteiger partial charge in [-0.3, -0.25) is 4.79 Å². The van der Waals surface area contributed by atoms with Gasteiger partial charge in [-0.2, -0.15) is 0 Å². The normalized spacial score (nSPS) is 13.8. The van der Waals surface area contributed by atoms with E-state index in [1.54, 1.807) is 20.8 Å². The maximum absolute atomic E-state index is 13.2. The van der Waals surface area contributed by atoms with Gasteiger partial charge in [0, 0.05) is 12.5 Å². The molecule has 0 fully saturated rings. The second-order valence-corrected chi connectivity index (χ2v) is 9.14. The quantitative estimate of drug-likeness (QED) is 0.624. The number of carboxylic acids is 1. The molecule has 0 bridgehead atoms. The van der Waals surface area contributed by atoms with Crippen molar-refractivity contribution in [3.05, 3.63) is 59.7 Å². The summed E-state index contributed by atoms with van der Waals surface area (Å²) in [5, 5.41) is 12.2. The average molecular weight is 453 g/mol. The van der Waals surface area contributed by atoms with E-state index >= 15 is 0 Å². The number of alkyl carbamates (subject to hydrolysis) is 1. The second-order valence-electron chi connectivity index (χ2n) is 9.14. The lowest BCUT2D eigenvalue weighted by Crippen LogP contribution is -2.59. The van der Waals surface area contributed by atoms with E-state index in [1.807, 2.05) is 36.4 Å². The molecule has 0 aromatic heterocycles. The van der Waals surface area contributed by atoms with Gasteiger partial charge < -0.3 is 20.1 Å². The number of hydrogen-bond donors (Lipinski definition) is 2. The zero-order valence-corrected chi connectivity index (χ0v) is 19.8. The largest absolute Gasteiger partial charge is 0.480 e. The molecular weight excluding hydrogens is 420 g/mol. The van der Waals surface area contributed by atoms with Crippen LogP contribution in [-0.2, 0) is 14.3 Å². The minimum absolute atomic E-state index is 0.0885. The smallest absolute Gasteiger partial charge is 0.407 e. The zero-order valence-electron chi connectivity index (χ0n) is 19.8. The van der Waals surface area contributed by atoms with Crippen LogP contribution in [0.5, 0.6) is 0 Å². The molecule has 0 saturated carbocycles. The number of carboxylic acid groups (broad SMARTS) is 1. The summed E-state index contributed by atoms with van der Waals surface area (Å²) in [5.41, 5.74) is 3.06. The molecule has 1 atom stereocenters. The van der Waals surface area contributed by atoms with Crippen molar-refractivity contribution in [3.63, 3.8) is 0 Å². The summed E-state index contributed by atoms with van der Waals surface area (Å²) in [6, 6.07) is 15.2. The number of ether oxygens (including phenoxy) is 1. The van der Waals surface area contributed by atoms with E-state index in [0.29, 0.717) is 0 Å². The van der Waals surface area contributed by atoms with Gasteiger partial charge in [0.25, 0.3) is 0 Å². The van der Waals surface area contributed by atoms with Crippen LogP contribution in [0.3, 0.4) is 0 Å². The Bertz CT molecular complexity index is 1000. The molecule has 7 heteroatoms. The number of benzene rings is 2. The topological polar surface area (TPSA) is 95.9 Å². The van der Waals surface area contributed by atoms with Gasteiger partial charge >= 0.3 is 12.1 Å². The number of rotatable bonds is 8. The van der Waals surface area contributed by atoms with E-state index in [4.69, 9.17) is 4.74 Å². The summed E-state index contributed by atoms with van der Waals surface area (Å²) in [4.78, 5) is 38.9. The number of fused-ring (bicyclic) bond motifs is 3. The first kappa shape index (κ1) is 24.3. The van der Waals surface area contributed by atoms with Crippen LogP contribution < -0.4 is 5.32 Å². The molecule has 2 aromatic carbocycles. The highest BCUT2D eigenvalue weighted by Crippen LogP contribution is 2.44. The molecule has 0 radical (unpaired) electrons. The maximum Gasteiger partial charge on any atom is 0.407 e. The number of carbonyl (C=O) groups is 3. The Morgan fingerprint density at radius 1 is 1.03 bits per heavy atom. The number of nitrogens with one attached hydrogen (secondary N) is 1. The lowest BCUT2D eigenvalue weighted by Gasteiger charge is -2.37. The van der Waals surface area contributed by atoms with E-state index in [0.717, 1.165) is 22.3 Å². The first-order chi connectivity index (χ1) is 15.6. The molecule has 0 saturated heterocycles. The van der Waals surface area contributed by atoms with E-state index in [1.165, 1.54) is 18.7 Å². The Balaban J connectivity index is 1.73. The molecule has 2 N–H and O–H groups in total. The van der Waals surface area contributed by atoms with E-state index < -0.39 is 29.6 Å². The third-order valence-electron chi connectivity index (χ3n) is 6.33. The first-order valence-electron chi connectivity index (χ1n) is 11.3. The lowest BCUT2D eigenvalue weighted by atomic mass is 9.97. The van der Waals surface area contributed by atoms with Gasteiger partial charge in [-0.15, -0.1) is 0 Å². The van der Waals surface area contributed by atoms with Crippen molar-refractivity contribution in [2.45, 2.75) is 52.1 Å². The number of carbonyl (C=O) groups excluding carboxylic acids is 2. The van der Waals surface area contributed by atoms with Gasteiger partial charge in [-0.1, -0.05) is 62.4 Å². The number of aliphatic carboxylic acids is 1. The fourth-order valence-electron chi connectivity index (χ4n) is 4.39. The van der Waals surface area contributed by atoms with Crippen molar-refractivity contribution in [3.8, 4) is 11.1 Å². The monoisotopic (exact) mass is 452 g/mol. The number of likely N-dealkylation sites (N-methyl/N-ethyl adjacent to an activating group) is 1. The van der Waals surface area contributed by atoms with E-state index in [2.05, 4.69) is 17.4 Å². The number of hydrogen-bond acceptors (Lipinski definition) is 4. The molecule has 2 amide bonds. The predicted octanol–water partition coefficient (Wildman–Crippen LogP) is 4.26. The SMILES string of the molecule is CCN(C(=O)[C@@H](NC(=O)OCC1c2ccccc2-c2ccccc21)C(C)C)C(C)(C)C(=O)O. The molecule has 0 spiro atoms. The molecule has 1 aliphatic rings. The Morgan fingerprint density at radius 2 is 1.55 bits per heavy atom. The van der Waals surface area contributed by atoms with Gasteiger partial charge in [0.15, 0.2) is 0 Å². The third kappa shape index (κ3) is 4.72. The highest BCUT2D eigenvalue weighted by atomic mass is 16.5. The fourth-order valence-corrected chi connectivity index (χ4v) is 4.39. The van der Waals surface area contributed by atoms with E-state index in [9.17, 15) is 19.5 Å². The Morgan fingerprint density at radius 3 is 2.00 bits per heavy atom. The number of amides is 2. The molecule has 1 aliphatic carbocycles. The molecular formula is C26H32N2O5. The molecule has 176 valence electrons. The average Bonchev–Trinajstić information content (AvgIpc) is 3.09. The Hall–Kier alpha value is -3.35. The predicted molar refractivity (Wildman–Crippen MR) is 126 cm³/mol. The molecule has 0 aliphatic heterocycles. The summed E-state index contributed by atoms with van der Waals surface area (Å²) >= 11 is 0. The standard InChI is InChI=1S/C26H32N2O5/c1-6-28(26(4,5)24(30)31)23(29)22(16(2)3)27-25(32)33-15-21-19-13-9-7-11-17(19)18-12-8-10-14-20(18)21/h7-14,16,21-22H,6,15H2,1-5H3,(H,27,32)(H,30,31)/t22-/m0/s1. The van der Waals surface area contributed by atoms with Crippen LogP contribution in [-0.4, -0.2) is 52.7 Å². The third-order valence-corrected chi connectivity index (χ3v) is 6.33. The molecule has 0 unspecified atom stereocenters. The summed E-state index contributed by atoms with van der Waals surface area (Å²) in [5.74, 6) is -1.90. The minimum atomic E-state index is -1.40. The van der Waals surface area contributed by atoms with Crippen molar-refractivity contribution < 1.29 is 24.2 Å². The van der Waals surface area contributed by atoms with Crippen molar-refractivity contribution >= 4 is 18.0 Å². The van der Waals surface area contributed by atoms with Crippen LogP contribution in [0.2, 0.25) is 0 Å². The summed E-state index contributed by atoms with van der Waals surface area (Å²) in [7, 11) is 0. The molecule has 0 heterocycles. The highest BCUT2D eigenvalue weighted by Gasteiger charge is 2.41. The van der Waals surface area contributed by atoms with Gasteiger partial charge in [0.05, 0.1) is 0 Å². The van der Waals surface area contributed by atoms with Crippen LogP contribution >= 0.6 is 0 Å². The first-order valence-corrected chi connectivity index (χ1v) is 11.3. The van der Waals surface area contributed by atoms with Crippen molar-refractivity contribution in [2.24, 2.45) is 5.92 Å². The lowest BCUT2D eigenvalue weighted by molar-refractivity contribution is -0.158.